The maximum absolute atomic E-state index is 14.6. The van der Waals surface area contributed by atoms with Crippen LogP contribution in [0.15, 0.2) is 36.7 Å². The number of piperazine rings is 1. The van der Waals surface area contributed by atoms with Crippen molar-refractivity contribution in [2.75, 3.05) is 37.0 Å². The summed E-state index contributed by atoms with van der Waals surface area (Å²) in [5.74, 6) is 0.579. The number of carbonyl (C=O) groups is 1. The average molecular weight is 514 g/mol. The van der Waals surface area contributed by atoms with E-state index in [1.807, 2.05) is 37.8 Å². The van der Waals surface area contributed by atoms with Crippen LogP contribution >= 0.6 is 11.6 Å². The van der Waals surface area contributed by atoms with Gasteiger partial charge >= 0.3 is 6.09 Å². The summed E-state index contributed by atoms with van der Waals surface area (Å²) < 4.78 is 26.0. The average Bonchev–Trinajstić information content (AvgIpc) is 3.59. The van der Waals surface area contributed by atoms with Crippen LogP contribution in [0.1, 0.15) is 33.6 Å². The second-order valence-electron chi connectivity index (χ2n) is 10.3. The van der Waals surface area contributed by atoms with E-state index in [4.69, 9.17) is 21.1 Å². The van der Waals surface area contributed by atoms with Gasteiger partial charge in [-0.2, -0.15) is 0 Å². The van der Waals surface area contributed by atoms with Crippen molar-refractivity contribution in [3.05, 3.63) is 47.5 Å². The standard InChI is InChI=1S/C26H29ClFN5O3/c1-25(2,3)36-24(34)33-11-10-32(14-26(33)8-9-26)20-12-16-19(13-21(20)35-4)29-15-30-23(16)31-18-7-5-6-17(27)22(18)28/h5-7,12-13,15H,8-11,14H2,1-4H3,(H,29,30,31). The smallest absolute Gasteiger partial charge is 0.410 e. The molecule has 36 heavy (non-hydrogen) atoms. The zero-order valence-electron chi connectivity index (χ0n) is 20.8. The van der Waals surface area contributed by atoms with Gasteiger partial charge in [0.2, 0.25) is 0 Å². The predicted molar refractivity (Wildman–Crippen MR) is 138 cm³/mol. The van der Waals surface area contributed by atoms with E-state index < -0.39 is 11.4 Å². The summed E-state index contributed by atoms with van der Waals surface area (Å²) in [4.78, 5) is 25.7. The summed E-state index contributed by atoms with van der Waals surface area (Å²) in [6.07, 6.45) is 2.99. The van der Waals surface area contributed by atoms with E-state index in [9.17, 15) is 9.18 Å². The lowest BCUT2D eigenvalue weighted by atomic mass is 10.1. The highest BCUT2D eigenvalue weighted by atomic mass is 35.5. The van der Waals surface area contributed by atoms with Crippen LogP contribution in [0.25, 0.3) is 10.9 Å². The molecule has 1 aliphatic heterocycles. The van der Waals surface area contributed by atoms with Crippen LogP contribution in [0.4, 0.5) is 26.4 Å². The van der Waals surface area contributed by atoms with Gasteiger partial charge in [-0.1, -0.05) is 17.7 Å². The highest BCUT2D eigenvalue weighted by Crippen LogP contribution is 2.47. The van der Waals surface area contributed by atoms with E-state index >= 15 is 0 Å². The van der Waals surface area contributed by atoms with Crippen molar-refractivity contribution >= 4 is 45.8 Å². The molecule has 0 bridgehead atoms. The number of aromatic nitrogens is 2. The molecule has 8 nitrogen and oxygen atoms in total. The number of halogens is 2. The topological polar surface area (TPSA) is 79.8 Å². The van der Waals surface area contributed by atoms with Gasteiger partial charge in [0.1, 0.15) is 23.5 Å². The van der Waals surface area contributed by atoms with E-state index in [1.165, 1.54) is 12.4 Å². The second kappa shape index (κ2) is 8.96. The fourth-order valence-corrected chi connectivity index (χ4v) is 4.84. The Bertz CT molecular complexity index is 1320. The predicted octanol–water partition coefficient (Wildman–Crippen LogP) is 5.76. The Kier molecular flexibility index (Phi) is 6.06. The third-order valence-electron chi connectivity index (χ3n) is 6.57. The number of rotatable bonds is 4. The number of hydrogen-bond donors (Lipinski definition) is 1. The summed E-state index contributed by atoms with van der Waals surface area (Å²) in [5, 5.41) is 3.80. The lowest BCUT2D eigenvalue weighted by Gasteiger charge is -2.43. The monoisotopic (exact) mass is 513 g/mol. The molecule has 1 saturated heterocycles. The van der Waals surface area contributed by atoms with Gasteiger partial charge in [-0.3, -0.25) is 4.90 Å². The molecular formula is C26H29ClFN5O3. The quantitative estimate of drug-likeness (QED) is 0.474. The van der Waals surface area contributed by atoms with Gasteiger partial charge in [-0.05, 0) is 51.8 Å². The number of fused-ring (bicyclic) bond motifs is 1. The van der Waals surface area contributed by atoms with Crippen LogP contribution < -0.4 is 15.0 Å². The number of amides is 1. The lowest BCUT2D eigenvalue weighted by Crippen LogP contribution is -2.58. The molecule has 5 rings (SSSR count). The summed E-state index contributed by atoms with van der Waals surface area (Å²) in [7, 11) is 1.62. The van der Waals surface area contributed by atoms with E-state index in [0.29, 0.717) is 42.1 Å². The van der Waals surface area contributed by atoms with Crippen molar-refractivity contribution in [3.8, 4) is 5.75 Å². The summed E-state index contributed by atoms with van der Waals surface area (Å²) >= 11 is 5.96. The molecule has 2 aromatic carbocycles. The van der Waals surface area contributed by atoms with Crippen molar-refractivity contribution in [1.82, 2.24) is 14.9 Å². The molecule has 0 atom stereocenters. The van der Waals surface area contributed by atoms with Crippen LogP contribution in [0.3, 0.4) is 0 Å². The van der Waals surface area contributed by atoms with Crippen molar-refractivity contribution < 1.29 is 18.7 Å². The molecule has 0 radical (unpaired) electrons. The van der Waals surface area contributed by atoms with Gasteiger partial charge in [0.05, 0.1) is 34.6 Å². The fraction of sp³-hybridized carbons (Fsp3) is 0.423. The summed E-state index contributed by atoms with van der Waals surface area (Å²) in [5.41, 5.74) is 0.951. The van der Waals surface area contributed by atoms with Crippen LogP contribution in [0.5, 0.6) is 5.75 Å². The highest BCUT2D eigenvalue weighted by molar-refractivity contribution is 6.31. The fourth-order valence-electron chi connectivity index (χ4n) is 4.67. The van der Waals surface area contributed by atoms with Gasteiger partial charge in [0.25, 0.3) is 0 Å². The van der Waals surface area contributed by atoms with Crippen molar-refractivity contribution in [2.45, 2.75) is 44.8 Å². The molecule has 2 aliphatic rings. The zero-order chi connectivity index (χ0) is 25.7. The molecule has 1 spiro atoms. The first-order valence-electron chi connectivity index (χ1n) is 11.9. The van der Waals surface area contributed by atoms with Crippen molar-refractivity contribution in [1.29, 1.82) is 0 Å². The third kappa shape index (κ3) is 4.59. The van der Waals surface area contributed by atoms with Crippen LogP contribution in [-0.2, 0) is 4.74 Å². The first-order valence-corrected chi connectivity index (χ1v) is 12.3. The molecular weight excluding hydrogens is 485 g/mol. The Labute approximate surface area is 214 Å². The maximum atomic E-state index is 14.6. The van der Waals surface area contributed by atoms with E-state index in [1.54, 1.807) is 19.2 Å². The summed E-state index contributed by atoms with van der Waals surface area (Å²) in [6, 6.07) is 8.58. The van der Waals surface area contributed by atoms with Gasteiger partial charge in [-0.15, -0.1) is 0 Å². The highest BCUT2D eigenvalue weighted by Gasteiger charge is 2.54. The first-order chi connectivity index (χ1) is 17.1. The number of carbonyl (C=O) groups excluding carboxylic acids is 1. The zero-order valence-corrected chi connectivity index (χ0v) is 21.5. The van der Waals surface area contributed by atoms with Gasteiger partial charge < -0.3 is 19.7 Å². The number of benzene rings is 2. The molecule has 1 amide bonds. The molecule has 2 fully saturated rings. The summed E-state index contributed by atoms with van der Waals surface area (Å²) in [6.45, 7) is 7.45. The van der Waals surface area contributed by atoms with Crippen LogP contribution in [-0.4, -0.2) is 58.8 Å². The minimum absolute atomic E-state index is 0.0262. The number of ether oxygens (including phenoxy) is 2. The Morgan fingerprint density at radius 2 is 1.97 bits per heavy atom. The van der Waals surface area contributed by atoms with Crippen LogP contribution in [0, 0.1) is 5.82 Å². The number of anilines is 3. The lowest BCUT2D eigenvalue weighted by molar-refractivity contribution is 0.0106. The van der Waals surface area contributed by atoms with Crippen molar-refractivity contribution in [3.63, 3.8) is 0 Å². The second-order valence-corrected chi connectivity index (χ2v) is 10.7. The SMILES string of the molecule is COc1cc2ncnc(Nc3cccc(Cl)c3F)c2cc1N1CCN(C(=O)OC(C)(C)C)C2(CC2)C1. The molecule has 1 aromatic heterocycles. The van der Waals surface area contributed by atoms with Gasteiger partial charge in [0, 0.05) is 31.1 Å². The molecule has 1 saturated carbocycles. The number of hydrogen-bond acceptors (Lipinski definition) is 7. The Morgan fingerprint density at radius 1 is 1.19 bits per heavy atom. The molecule has 190 valence electrons. The Hall–Kier alpha value is -3.33. The minimum Gasteiger partial charge on any atom is -0.495 e. The Morgan fingerprint density at radius 3 is 2.67 bits per heavy atom. The Balaban J connectivity index is 1.47. The number of methoxy groups -OCH3 is 1. The van der Waals surface area contributed by atoms with E-state index in [0.717, 1.165) is 18.5 Å². The normalized spacial score (nSPS) is 16.8. The molecule has 2 heterocycles. The van der Waals surface area contributed by atoms with Gasteiger partial charge in [-0.25, -0.2) is 19.2 Å². The first kappa shape index (κ1) is 24.4. The molecule has 1 N–H and O–H groups in total. The molecule has 3 aromatic rings. The minimum atomic E-state index is -0.548. The number of nitrogens with one attached hydrogen (secondary N) is 1. The van der Waals surface area contributed by atoms with E-state index in [-0.39, 0.29) is 22.3 Å². The molecule has 1 aliphatic carbocycles. The van der Waals surface area contributed by atoms with Crippen LogP contribution in [0.2, 0.25) is 5.02 Å². The molecule has 10 heteroatoms. The molecule has 0 unspecified atom stereocenters. The largest absolute Gasteiger partial charge is 0.495 e. The van der Waals surface area contributed by atoms with E-state index in [2.05, 4.69) is 20.2 Å². The van der Waals surface area contributed by atoms with Gasteiger partial charge in [0.15, 0.2) is 5.82 Å². The van der Waals surface area contributed by atoms with Crippen molar-refractivity contribution in [2.24, 2.45) is 0 Å². The maximum Gasteiger partial charge on any atom is 0.410 e. The number of nitrogens with zero attached hydrogens (tertiary/aromatic N) is 4. The third-order valence-corrected chi connectivity index (χ3v) is 6.87.